The number of carbonyl (C=O) groups is 1. The molecule has 2 atom stereocenters. The highest BCUT2D eigenvalue weighted by molar-refractivity contribution is 7.99. The standard InChI is InChI=1S/C21H26N2OS/c1-16-7-9-17(10-8-16)14-25-15-21(24)23-12-19(11-22)20(13-23)18-5-3-2-4-6-18/h2-10,19-20H,11-15,22H2,1H3/t19-,20+/m1/s1. The quantitative estimate of drug-likeness (QED) is 0.864. The monoisotopic (exact) mass is 354 g/mol. The van der Waals surface area contributed by atoms with Crippen LogP contribution in [-0.4, -0.2) is 36.2 Å². The fourth-order valence-corrected chi connectivity index (χ4v) is 4.31. The molecule has 0 radical (unpaired) electrons. The molecule has 1 aliphatic rings. The van der Waals surface area contributed by atoms with Crippen molar-refractivity contribution in [2.24, 2.45) is 11.7 Å². The summed E-state index contributed by atoms with van der Waals surface area (Å²) in [5.74, 6) is 2.36. The first kappa shape index (κ1) is 18.0. The van der Waals surface area contributed by atoms with Gasteiger partial charge in [0.05, 0.1) is 5.75 Å². The van der Waals surface area contributed by atoms with Gasteiger partial charge in [0, 0.05) is 24.8 Å². The topological polar surface area (TPSA) is 46.3 Å². The Kier molecular flexibility index (Phi) is 6.16. The molecule has 0 unspecified atom stereocenters. The molecule has 3 nitrogen and oxygen atoms in total. The highest BCUT2D eigenvalue weighted by Crippen LogP contribution is 2.32. The lowest BCUT2D eigenvalue weighted by Gasteiger charge is -2.16. The largest absolute Gasteiger partial charge is 0.341 e. The zero-order chi connectivity index (χ0) is 17.6. The summed E-state index contributed by atoms with van der Waals surface area (Å²) in [5, 5.41) is 0. The van der Waals surface area contributed by atoms with Gasteiger partial charge in [-0.15, -0.1) is 11.8 Å². The number of nitrogens with two attached hydrogens (primary N) is 1. The number of benzene rings is 2. The Morgan fingerprint density at radius 3 is 2.52 bits per heavy atom. The molecule has 1 saturated heterocycles. The second-order valence-corrected chi connectivity index (χ2v) is 7.78. The van der Waals surface area contributed by atoms with Crippen LogP contribution in [0.5, 0.6) is 0 Å². The molecule has 25 heavy (non-hydrogen) atoms. The molecule has 132 valence electrons. The summed E-state index contributed by atoms with van der Waals surface area (Å²) in [4.78, 5) is 14.6. The lowest BCUT2D eigenvalue weighted by molar-refractivity contribution is -0.127. The molecule has 2 N–H and O–H groups in total. The molecule has 1 amide bonds. The van der Waals surface area contributed by atoms with Crippen LogP contribution in [0.4, 0.5) is 0 Å². The van der Waals surface area contributed by atoms with Crippen LogP contribution in [0, 0.1) is 12.8 Å². The Hall–Kier alpha value is -1.78. The van der Waals surface area contributed by atoms with Gasteiger partial charge in [-0.25, -0.2) is 0 Å². The predicted octanol–water partition coefficient (Wildman–Crippen LogP) is 3.43. The number of hydrogen-bond acceptors (Lipinski definition) is 3. The van der Waals surface area contributed by atoms with Gasteiger partial charge in [0.25, 0.3) is 0 Å². The summed E-state index contributed by atoms with van der Waals surface area (Å²) >= 11 is 1.69. The summed E-state index contributed by atoms with van der Waals surface area (Å²) in [6.45, 7) is 4.28. The first-order chi connectivity index (χ1) is 12.2. The van der Waals surface area contributed by atoms with Crippen molar-refractivity contribution in [3.05, 3.63) is 71.3 Å². The van der Waals surface area contributed by atoms with E-state index in [0.29, 0.717) is 24.1 Å². The van der Waals surface area contributed by atoms with E-state index in [0.717, 1.165) is 18.8 Å². The molecule has 0 aliphatic carbocycles. The number of nitrogens with zero attached hydrogens (tertiary/aromatic N) is 1. The number of rotatable bonds is 6. The molecule has 1 fully saturated rings. The van der Waals surface area contributed by atoms with E-state index >= 15 is 0 Å². The summed E-state index contributed by atoms with van der Waals surface area (Å²) in [6.07, 6.45) is 0. The van der Waals surface area contributed by atoms with E-state index in [2.05, 4.69) is 55.5 Å². The molecule has 1 heterocycles. The van der Waals surface area contributed by atoms with Gasteiger partial charge >= 0.3 is 0 Å². The minimum Gasteiger partial charge on any atom is -0.341 e. The van der Waals surface area contributed by atoms with Gasteiger partial charge < -0.3 is 10.6 Å². The predicted molar refractivity (Wildman–Crippen MR) is 106 cm³/mol. The Balaban J connectivity index is 1.53. The lowest BCUT2D eigenvalue weighted by Crippen LogP contribution is -2.31. The maximum absolute atomic E-state index is 12.6. The molecule has 2 aromatic carbocycles. The summed E-state index contributed by atoms with van der Waals surface area (Å²) in [7, 11) is 0. The van der Waals surface area contributed by atoms with Crippen LogP contribution >= 0.6 is 11.8 Å². The van der Waals surface area contributed by atoms with E-state index in [-0.39, 0.29) is 5.91 Å². The molecule has 0 saturated carbocycles. The zero-order valence-electron chi connectivity index (χ0n) is 14.7. The molecule has 3 rings (SSSR count). The number of aryl methyl sites for hydroxylation is 1. The molecular formula is C21H26N2OS. The maximum atomic E-state index is 12.6. The van der Waals surface area contributed by atoms with Gasteiger partial charge in [-0.05, 0) is 30.5 Å². The average Bonchev–Trinajstić information content (AvgIpc) is 3.08. The molecule has 0 aromatic heterocycles. The molecular weight excluding hydrogens is 328 g/mol. The molecule has 0 spiro atoms. The van der Waals surface area contributed by atoms with Gasteiger partial charge in [-0.2, -0.15) is 0 Å². The van der Waals surface area contributed by atoms with Crippen LogP contribution in [0.25, 0.3) is 0 Å². The first-order valence-corrected chi connectivity index (χ1v) is 9.99. The fourth-order valence-electron chi connectivity index (χ4n) is 3.42. The van der Waals surface area contributed by atoms with Crippen LogP contribution in [-0.2, 0) is 10.5 Å². The number of carbonyl (C=O) groups excluding carboxylic acids is 1. The smallest absolute Gasteiger partial charge is 0.232 e. The Labute approximate surface area is 154 Å². The van der Waals surface area contributed by atoms with E-state index in [9.17, 15) is 4.79 Å². The van der Waals surface area contributed by atoms with Crippen molar-refractivity contribution in [1.29, 1.82) is 0 Å². The lowest BCUT2D eigenvalue weighted by atomic mass is 9.89. The molecule has 0 bridgehead atoms. The van der Waals surface area contributed by atoms with E-state index in [1.807, 2.05) is 11.0 Å². The van der Waals surface area contributed by atoms with Crippen molar-refractivity contribution >= 4 is 17.7 Å². The van der Waals surface area contributed by atoms with E-state index in [1.54, 1.807) is 11.8 Å². The summed E-state index contributed by atoms with van der Waals surface area (Å²) in [5.41, 5.74) is 9.80. The molecule has 1 aliphatic heterocycles. The zero-order valence-corrected chi connectivity index (χ0v) is 15.5. The number of thioether (sulfide) groups is 1. The minimum absolute atomic E-state index is 0.231. The van der Waals surface area contributed by atoms with Crippen LogP contribution in [0.3, 0.4) is 0 Å². The third kappa shape index (κ3) is 4.65. The second-order valence-electron chi connectivity index (χ2n) is 6.79. The number of likely N-dealkylation sites (tertiary alicyclic amines) is 1. The van der Waals surface area contributed by atoms with Crippen LogP contribution in [0.2, 0.25) is 0 Å². The van der Waals surface area contributed by atoms with Gasteiger partial charge in [-0.1, -0.05) is 60.2 Å². The van der Waals surface area contributed by atoms with Crippen molar-refractivity contribution in [2.75, 3.05) is 25.4 Å². The van der Waals surface area contributed by atoms with Gasteiger partial charge in [0.1, 0.15) is 0 Å². The maximum Gasteiger partial charge on any atom is 0.232 e. The van der Waals surface area contributed by atoms with E-state index < -0.39 is 0 Å². The van der Waals surface area contributed by atoms with Crippen LogP contribution in [0.1, 0.15) is 22.6 Å². The third-order valence-corrected chi connectivity index (χ3v) is 5.93. The van der Waals surface area contributed by atoms with Crippen molar-refractivity contribution < 1.29 is 4.79 Å². The van der Waals surface area contributed by atoms with E-state index in [4.69, 9.17) is 5.73 Å². The Bertz CT molecular complexity index is 687. The summed E-state index contributed by atoms with van der Waals surface area (Å²) < 4.78 is 0. The SMILES string of the molecule is Cc1ccc(CSCC(=O)N2C[C@@H](CN)[C@H](c3ccccc3)C2)cc1. The van der Waals surface area contributed by atoms with Crippen molar-refractivity contribution in [3.63, 3.8) is 0 Å². The third-order valence-electron chi connectivity index (χ3n) is 4.94. The fraction of sp³-hybridized carbons (Fsp3) is 0.381. The minimum atomic E-state index is 0.231. The molecule has 4 heteroatoms. The van der Waals surface area contributed by atoms with Crippen molar-refractivity contribution in [2.45, 2.75) is 18.6 Å². The highest BCUT2D eigenvalue weighted by atomic mass is 32.2. The summed E-state index contributed by atoms with van der Waals surface area (Å²) in [6, 6.07) is 19.0. The van der Waals surface area contributed by atoms with Crippen LogP contribution < -0.4 is 5.73 Å². The molecule has 2 aromatic rings. The highest BCUT2D eigenvalue weighted by Gasteiger charge is 2.34. The van der Waals surface area contributed by atoms with Crippen molar-refractivity contribution in [1.82, 2.24) is 4.90 Å². The Morgan fingerprint density at radius 1 is 1.12 bits per heavy atom. The van der Waals surface area contributed by atoms with Gasteiger partial charge in [0.2, 0.25) is 5.91 Å². The number of amides is 1. The van der Waals surface area contributed by atoms with E-state index in [1.165, 1.54) is 16.7 Å². The number of hydrogen-bond donors (Lipinski definition) is 1. The average molecular weight is 355 g/mol. The van der Waals surface area contributed by atoms with Crippen LogP contribution in [0.15, 0.2) is 54.6 Å². The van der Waals surface area contributed by atoms with Gasteiger partial charge in [-0.3, -0.25) is 4.79 Å². The van der Waals surface area contributed by atoms with Crippen molar-refractivity contribution in [3.8, 4) is 0 Å². The van der Waals surface area contributed by atoms with Gasteiger partial charge in [0.15, 0.2) is 0 Å². The Morgan fingerprint density at radius 2 is 1.84 bits per heavy atom. The normalized spacial score (nSPS) is 20.0. The second kappa shape index (κ2) is 8.54. The first-order valence-electron chi connectivity index (χ1n) is 8.83.